The van der Waals surface area contributed by atoms with Gasteiger partial charge in [0.1, 0.15) is 11.4 Å². The number of alkyl halides is 3. The minimum absolute atomic E-state index is 0.0752. The fourth-order valence-corrected chi connectivity index (χ4v) is 6.26. The average molecular weight is 368 g/mol. The molecule has 5 nitrogen and oxygen atoms in total. The first kappa shape index (κ1) is 16.4. The van der Waals surface area contributed by atoms with Gasteiger partial charge in [-0.3, -0.25) is 4.79 Å². The van der Waals surface area contributed by atoms with Crippen LogP contribution in [0.2, 0.25) is 0 Å². The van der Waals surface area contributed by atoms with Crippen LogP contribution in [0.3, 0.4) is 0 Å². The number of carbonyl (C=O) groups is 1. The Morgan fingerprint density at radius 2 is 1.81 bits per heavy atom. The summed E-state index contributed by atoms with van der Waals surface area (Å²) >= 11 is 0. The molecule has 142 valence electrons. The molecule has 1 aliphatic heterocycles. The number of anilines is 1. The molecule has 1 aromatic rings. The predicted octanol–water partition coefficient (Wildman–Crippen LogP) is 3.50. The summed E-state index contributed by atoms with van der Waals surface area (Å²) in [6.07, 6.45) is 3.67. The molecule has 26 heavy (non-hydrogen) atoms. The molecule has 1 amide bonds. The van der Waals surface area contributed by atoms with Crippen molar-refractivity contribution < 1.29 is 18.0 Å². The van der Waals surface area contributed by atoms with Crippen LogP contribution in [0, 0.1) is 17.8 Å². The third-order valence-corrected chi connectivity index (χ3v) is 6.84. The van der Waals surface area contributed by atoms with E-state index in [1.54, 1.807) is 0 Å². The van der Waals surface area contributed by atoms with Gasteiger partial charge in [0, 0.05) is 12.1 Å². The van der Waals surface area contributed by atoms with Crippen molar-refractivity contribution in [2.24, 2.45) is 17.8 Å². The van der Waals surface area contributed by atoms with Crippen LogP contribution in [-0.4, -0.2) is 33.9 Å². The average Bonchev–Trinajstić information content (AvgIpc) is 2.96. The Balaban J connectivity index is 1.40. The Kier molecular flexibility index (Phi) is 3.41. The molecule has 4 saturated carbocycles. The van der Waals surface area contributed by atoms with Gasteiger partial charge in [-0.25, -0.2) is 4.68 Å². The fourth-order valence-electron chi connectivity index (χ4n) is 6.26. The largest absolute Gasteiger partial charge is 0.410 e. The van der Waals surface area contributed by atoms with Gasteiger partial charge in [0.15, 0.2) is 6.04 Å². The van der Waals surface area contributed by atoms with Crippen molar-refractivity contribution >= 4 is 11.7 Å². The summed E-state index contributed by atoms with van der Waals surface area (Å²) in [6.45, 7) is 0.188. The maximum atomic E-state index is 13.2. The Morgan fingerprint density at radius 1 is 1.19 bits per heavy atom. The summed E-state index contributed by atoms with van der Waals surface area (Å²) < 4.78 is 40.6. The number of halogens is 3. The van der Waals surface area contributed by atoms with Gasteiger partial charge in [-0.2, -0.15) is 18.3 Å². The number of hydrogen-bond acceptors (Lipinski definition) is 3. The molecule has 5 aliphatic rings. The Morgan fingerprint density at radius 3 is 2.38 bits per heavy atom. The van der Waals surface area contributed by atoms with E-state index in [2.05, 4.69) is 15.7 Å². The molecule has 0 saturated heterocycles. The molecule has 4 aliphatic carbocycles. The molecule has 0 aromatic carbocycles. The second kappa shape index (κ2) is 5.39. The van der Waals surface area contributed by atoms with Crippen LogP contribution < -0.4 is 10.6 Å². The molecular weight excluding hydrogens is 345 g/mol. The van der Waals surface area contributed by atoms with Gasteiger partial charge in [0.25, 0.3) is 5.91 Å². The Labute approximate surface area is 149 Å². The summed E-state index contributed by atoms with van der Waals surface area (Å²) in [5.41, 5.74) is 0.0633. The number of fused-ring (bicyclic) bond motifs is 1. The highest BCUT2D eigenvalue weighted by atomic mass is 19.4. The number of nitrogens with one attached hydrogen (secondary N) is 2. The molecule has 1 aromatic heterocycles. The van der Waals surface area contributed by atoms with Crippen LogP contribution in [0.4, 0.5) is 19.0 Å². The summed E-state index contributed by atoms with van der Waals surface area (Å²) in [5, 5.41) is 10.1. The van der Waals surface area contributed by atoms with Crippen LogP contribution in [-0.2, 0) is 0 Å². The van der Waals surface area contributed by atoms with Crippen LogP contribution in [0.1, 0.15) is 61.3 Å². The number of amides is 1. The zero-order chi connectivity index (χ0) is 18.1. The number of hydrogen-bond donors (Lipinski definition) is 2. The number of carbonyl (C=O) groups excluding carboxylic acids is 1. The molecular formula is C18H23F3N4O. The summed E-state index contributed by atoms with van der Waals surface area (Å²) in [6, 6.07) is -1.67. The smallest absolute Gasteiger partial charge is 0.370 e. The maximum absolute atomic E-state index is 13.2. The van der Waals surface area contributed by atoms with E-state index in [-0.39, 0.29) is 35.8 Å². The van der Waals surface area contributed by atoms with Gasteiger partial charge in [-0.1, -0.05) is 0 Å². The second-order valence-corrected chi connectivity index (χ2v) is 8.78. The minimum Gasteiger partial charge on any atom is -0.370 e. The molecule has 4 fully saturated rings. The van der Waals surface area contributed by atoms with Crippen molar-refractivity contribution in [3.05, 3.63) is 11.8 Å². The number of nitrogens with zero attached hydrogens (tertiary/aromatic N) is 2. The Hall–Kier alpha value is -1.73. The molecule has 1 atom stereocenters. The van der Waals surface area contributed by atoms with Crippen LogP contribution in [0.5, 0.6) is 0 Å². The van der Waals surface area contributed by atoms with Gasteiger partial charge < -0.3 is 10.6 Å². The molecule has 8 heteroatoms. The van der Waals surface area contributed by atoms with Crippen molar-refractivity contribution in [1.82, 2.24) is 15.1 Å². The maximum Gasteiger partial charge on any atom is 0.410 e. The standard InChI is InChI=1S/C18H23F3N4O/c19-18(20,21)14-1-2-22-15-13(9-23-25(14)15)16(26)24-17-6-10-3-11(7-17)5-12(4-10)8-17/h9-12,14,22H,1-8H2,(H,24,26)/t10?,11?,12?,14-,17?/m1/s1. The first-order valence-electron chi connectivity index (χ1n) is 9.54. The molecule has 6 rings (SSSR count). The highest BCUT2D eigenvalue weighted by molar-refractivity contribution is 5.99. The highest BCUT2D eigenvalue weighted by Crippen LogP contribution is 2.55. The fraction of sp³-hybridized carbons (Fsp3) is 0.778. The summed E-state index contributed by atoms with van der Waals surface area (Å²) in [7, 11) is 0. The van der Waals surface area contributed by atoms with Crippen LogP contribution in [0.15, 0.2) is 6.20 Å². The first-order chi connectivity index (χ1) is 12.3. The van der Waals surface area contributed by atoms with Gasteiger partial charge in [-0.05, 0) is 62.7 Å². The van der Waals surface area contributed by atoms with Gasteiger partial charge >= 0.3 is 6.18 Å². The minimum atomic E-state index is -4.36. The Bertz CT molecular complexity index is 706. The summed E-state index contributed by atoms with van der Waals surface area (Å²) in [5.74, 6) is 1.98. The normalized spacial score (nSPS) is 38.0. The van der Waals surface area contributed by atoms with E-state index in [0.29, 0.717) is 17.8 Å². The molecule has 0 unspecified atom stereocenters. The lowest BCUT2D eigenvalue weighted by Crippen LogP contribution is -2.59. The summed E-state index contributed by atoms with van der Waals surface area (Å²) in [4.78, 5) is 12.9. The first-order valence-corrected chi connectivity index (χ1v) is 9.54. The van der Waals surface area contributed by atoms with E-state index in [1.807, 2.05) is 0 Å². The lowest BCUT2D eigenvalue weighted by molar-refractivity contribution is -0.171. The van der Waals surface area contributed by atoms with E-state index in [9.17, 15) is 18.0 Å². The quantitative estimate of drug-likeness (QED) is 0.840. The number of aromatic nitrogens is 2. The van der Waals surface area contributed by atoms with E-state index in [4.69, 9.17) is 0 Å². The zero-order valence-corrected chi connectivity index (χ0v) is 14.5. The second-order valence-electron chi connectivity index (χ2n) is 8.78. The zero-order valence-electron chi connectivity index (χ0n) is 14.5. The van der Waals surface area contributed by atoms with Crippen molar-refractivity contribution in [3.8, 4) is 0 Å². The topological polar surface area (TPSA) is 59.0 Å². The van der Waals surface area contributed by atoms with Gasteiger partial charge in [0.05, 0.1) is 6.20 Å². The van der Waals surface area contributed by atoms with Crippen LogP contribution in [0.25, 0.3) is 0 Å². The van der Waals surface area contributed by atoms with Crippen LogP contribution >= 0.6 is 0 Å². The van der Waals surface area contributed by atoms with E-state index in [0.717, 1.165) is 23.9 Å². The van der Waals surface area contributed by atoms with Crippen molar-refractivity contribution in [1.29, 1.82) is 0 Å². The third-order valence-electron chi connectivity index (χ3n) is 6.84. The van der Waals surface area contributed by atoms with Crippen molar-refractivity contribution in [2.45, 2.75) is 62.7 Å². The molecule has 2 N–H and O–H groups in total. The lowest BCUT2D eigenvalue weighted by Gasteiger charge is -2.56. The predicted molar refractivity (Wildman–Crippen MR) is 88.8 cm³/mol. The molecule has 4 bridgehead atoms. The van der Waals surface area contributed by atoms with Crippen molar-refractivity contribution in [3.63, 3.8) is 0 Å². The third kappa shape index (κ3) is 2.52. The van der Waals surface area contributed by atoms with E-state index < -0.39 is 12.2 Å². The van der Waals surface area contributed by atoms with E-state index in [1.165, 1.54) is 25.5 Å². The molecule has 2 heterocycles. The SMILES string of the molecule is O=C(NC12CC3CC(CC(C3)C1)C2)c1cnn2c1NCC[C@@H]2C(F)(F)F. The molecule has 0 spiro atoms. The number of rotatable bonds is 2. The molecule has 0 radical (unpaired) electrons. The lowest BCUT2D eigenvalue weighted by atomic mass is 9.53. The monoisotopic (exact) mass is 368 g/mol. The highest BCUT2D eigenvalue weighted by Gasteiger charge is 2.52. The van der Waals surface area contributed by atoms with Crippen molar-refractivity contribution in [2.75, 3.05) is 11.9 Å². The van der Waals surface area contributed by atoms with Gasteiger partial charge in [-0.15, -0.1) is 0 Å². The van der Waals surface area contributed by atoms with E-state index >= 15 is 0 Å². The van der Waals surface area contributed by atoms with Gasteiger partial charge in [0.2, 0.25) is 0 Å².